The van der Waals surface area contributed by atoms with Crippen LogP contribution in [0.15, 0.2) is 77.4 Å². The molecular formula is C24H19N7O2. The molecule has 1 aliphatic rings. The van der Waals surface area contributed by atoms with Crippen LogP contribution in [0.3, 0.4) is 0 Å². The fraction of sp³-hybridized carbons (Fsp3) is 0.0417. The summed E-state index contributed by atoms with van der Waals surface area (Å²) in [6.45, 7) is 1.71. The van der Waals surface area contributed by atoms with Crippen molar-refractivity contribution in [1.29, 1.82) is 10.8 Å². The van der Waals surface area contributed by atoms with Crippen LogP contribution in [-0.2, 0) is 0 Å². The number of anilines is 4. The van der Waals surface area contributed by atoms with Crippen LogP contribution in [0.4, 0.5) is 22.9 Å². The molecule has 0 bridgehead atoms. The number of pyridine rings is 1. The van der Waals surface area contributed by atoms with Crippen molar-refractivity contribution in [2.75, 3.05) is 15.5 Å². The number of amides is 1. The zero-order valence-electron chi connectivity index (χ0n) is 17.6. The van der Waals surface area contributed by atoms with E-state index < -0.39 is 0 Å². The number of hydrogen-bond donors (Lipinski definition) is 4. The summed E-state index contributed by atoms with van der Waals surface area (Å²) in [4.78, 5) is 18.3. The van der Waals surface area contributed by atoms with Crippen molar-refractivity contribution in [3.63, 3.8) is 0 Å². The number of para-hydroxylation sites is 1. The van der Waals surface area contributed by atoms with Crippen LogP contribution in [0, 0.1) is 17.7 Å². The summed E-state index contributed by atoms with van der Waals surface area (Å²) in [6, 6.07) is 19.4. The Hall–Kier alpha value is -4.79. The maximum atomic E-state index is 12.3. The molecule has 33 heavy (non-hydrogen) atoms. The van der Waals surface area contributed by atoms with Gasteiger partial charge in [0.05, 0.1) is 11.4 Å². The summed E-state index contributed by atoms with van der Waals surface area (Å²) in [5.41, 5.74) is 3.33. The molecule has 2 aromatic carbocycles. The van der Waals surface area contributed by atoms with Gasteiger partial charge in [0.25, 0.3) is 5.91 Å². The molecule has 0 atom stereocenters. The van der Waals surface area contributed by atoms with Gasteiger partial charge < -0.3 is 15.2 Å². The second-order valence-electron chi connectivity index (χ2n) is 7.43. The molecule has 1 aliphatic heterocycles. The van der Waals surface area contributed by atoms with Gasteiger partial charge in [0.15, 0.2) is 11.5 Å². The van der Waals surface area contributed by atoms with Gasteiger partial charge in [-0.2, -0.15) is 0 Å². The Morgan fingerprint density at radius 1 is 1.09 bits per heavy atom. The molecule has 0 spiro atoms. The van der Waals surface area contributed by atoms with E-state index in [1.54, 1.807) is 54.4 Å². The molecule has 5 rings (SSSR count). The van der Waals surface area contributed by atoms with Crippen molar-refractivity contribution >= 4 is 40.5 Å². The topological polar surface area (TPSA) is 131 Å². The molecule has 4 N–H and O–H groups in total. The van der Waals surface area contributed by atoms with Crippen molar-refractivity contribution < 1.29 is 9.32 Å². The van der Waals surface area contributed by atoms with E-state index in [1.807, 2.05) is 30.3 Å². The van der Waals surface area contributed by atoms with E-state index in [1.165, 1.54) is 0 Å². The summed E-state index contributed by atoms with van der Waals surface area (Å²) in [5.74, 6) is 0.997. The first kappa shape index (κ1) is 20.1. The second-order valence-corrected chi connectivity index (χ2v) is 7.43. The number of carbonyl (C=O) groups excluding carboxylic acids is 1. The molecule has 0 radical (unpaired) electrons. The maximum Gasteiger partial charge on any atom is 0.277 e. The van der Waals surface area contributed by atoms with E-state index in [2.05, 4.69) is 20.8 Å². The lowest BCUT2D eigenvalue weighted by Gasteiger charge is -2.25. The molecule has 9 nitrogen and oxygen atoms in total. The predicted octanol–water partition coefficient (Wildman–Crippen LogP) is 4.54. The average Bonchev–Trinajstić information content (AvgIpc) is 3.22. The number of nitrogens with zero attached hydrogens (tertiary/aromatic N) is 3. The van der Waals surface area contributed by atoms with Gasteiger partial charge >= 0.3 is 0 Å². The standard InChI is InChI=1S/C24H19N7O2/c1-14-13-19(30-33-14)24(32)28-16-10-8-15(9-11-16)21(25)31-20-7-4-12-27-23(20)29-18-6-3-2-5-17(18)22(31)26/h2-13,25-26H,1H3,(H,27,29)(H,28,32). The maximum absolute atomic E-state index is 12.3. The lowest BCUT2D eigenvalue weighted by Crippen LogP contribution is -2.36. The number of hydrogen-bond acceptors (Lipinski definition) is 7. The van der Waals surface area contributed by atoms with Crippen molar-refractivity contribution in [1.82, 2.24) is 10.1 Å². The first-order valence-electron chi connectivity index (χ1n) is 10.1. The smallest absolute Gasteiger partial charge is 0.277 e. The Balaban J connectivity index is 1.45. The molecule has 3 heterocycles. The van der Waals surface area contributed by atoms with Crippen LogP contribution in [0.1, 0.15) is 27.4 Å². The van der Waals surface area contributed by atoms with Gasteiger partial charge in [-0.1, -0.05) is 17.3 Å². The molecule has 9 heteroatoms. The molecular weight excluding hydrogens is 418 g/mol. The largest absolute Gasteiger partial charge is 0.361 e. The van der Waals surface area contributed by atoms with E-state index in [9.17, 15) is 4.79 Å². The summed E-state index contributed by atoms with van der Waals surface area (Å²) in [6.07, 6.45) is 1.67. The highest BCUT2D eigenvalue weighted by molar-refractivity contribution is 6.30. The minimum absolute atomic E-state index is 0.109. The first-order chi connectivity index (χ1) is 16.0. The van der Waals surface area contributed by atoms with Crippen LogP contribution in [-0.4, -0.2) is 27.7 Å². The van der Waals surface area contributed by atoms with Crippen LogP contribution in [0.5, 0.6) is 0 Å². The van der Waals surface area contributed by atoms with Crippen molar-refractivity contribution in [3.8, 4) is 0 Å². The lowest BCUT2D eigenvalue weighted by atomic mass is 10.1. The fourth-order valence-corrected chi connectivity index (χ4v) is 3.58. The van der Waals surface area contributed by atoms with Gasteiger partial charge in [-0.25, -0.2) is 4.98 Å². The minimum atomic E-state index is -0.383. The molecule has 0 aliphatic carbocycles. The van der Waals surface area contributed by atoms with E-state index in [4.69, 9.17) is 15.3 Å². The number of rotatable bonds is 3. The summed E-state index contributed by atoms with van der Waals surface area (Å²) in [5, 5.41) is 27.5. The van der Waals surface area contributed by atoms with Gasteiger partial charge in [0.2, 0.25) is 0 Å². The van der Waals surface area contributed by atoms with Gasteiger partial charge in [-0.15, -0.1) is 0 Å². The average molecular weight is 437 g/mol. The van der Waals surface area contributed by atoms with E-state index in [-0.39, 0.29) is 23.3 Å². The van der Waals surface area contributed by atoms with E-state index >= 15 is 0 Å². The number of amidine groups is 2. The number of fused-ring (bicyclic) bond motifs is 2. The second kappa shape index (κ2) is 8.04. The highest BCUT2D eigenvalue weighted by atomic mass is 16.5. The Bertz CT molecular complexity index is 1390. The highest BCUT2D eigenvalue weighted by Crippen LogP contribution is 2.34. The molecule has 0 saturated heterocycles. The molecule has 0 fully saturated rings. The number of carbonyl (C=O) groups is 1. The van der Waals surface area contributed by atoms with E-state index in [0.29, 0.717) is 34.1 Å². The molecule has 0 saturated carbocycles. The summed E-state index contributed by atoms with van der Waals surface area (Å²) < 4.78 is 4.94. The molecule has 1 amide bonds. The highest BCUT2D eigenvalue weighted by Gasteiger charge is 2.28. The summed E-state index contributed by atoms with van der Waals surface area (Å²) >= 11 is 0. The number of aromatic nitrogens is 2. The van der Waals surface area contributed by atoms with Gasteiger partial charge in [0, 0.05) is 29.1 Å². The van der Waals surface area contributed by atoms with Crippen LogP contribution in [0.2, 0.25) is 0 Å². The third-order valence-electron chi connectivity index (χ3n) is 5.19. The van der Waals surface area contributed by atoms with E-state index in [0.717, 1.165) is 5.69 Å². The molecule has 0 unspecified atom stereocenters. The third-order valence-corrected chi connectivity index (χ3v) is 5.19. The first-order valence-corrected chi connectivity index (χ1v) is 10.1. The fourth-order valence-electron chi connectivity index (χ4n) is 3.58. The zero-order chi connectivity index (χ0) is 22.9. The normalized spacial score (nSPS) is 12.3. The molecule has 162 valence electrons. The third kappa shape index (κ3) is 3.72. The number of aryl methyl sites for hydroxylation is 1. The monoisotopic (exact) mass is 437 g/mol. The Morgan fingerprint density at radius 3 is 2.64 bits per heavy atom. The van der Waals surface area contributed by atoms with Gasteiger partial charge in [0.1, 0.15) is 17.4 Å². The quantitative estimate of drug-likeness (QED) is 0.275. The van der Waals surface area contributed by atoms with Crippen molar-refractivity contribution in [2.24, 2.45) is 0 Å². The van der Waals surface area contributed by atoms with Gasteiger partial charge in [-0.3, -0.25) is 20.5 Å². The zero-order valence-corrected chi connectivity index (χ0v) is 17.6. The Labute approximate surface area is 189 Å². The van der Waals surface area contributed by atoms with Crippen molar-refractivity contribution in [2.45, 2.75) is 6.92 Å². The van der Waals surface area contributed by atoms with Crippen molar-refractivity contribution in [3.05, 3.63) is 95.5 Å². The number of benzene rings is 2. The summed E-state index contributed by atoms with van der Waals surface area (Å²) in [7, 11) is 0. The van der Waals surface area contributed by atoms with Gasteiger partial charge in [-0.05, 0) is 55.5 Å². The SMILES string of the molecule is Cc1cc(C(=O)Nc2ccc(C(=N)N3C(=N)c4ccccc4Nc4ncccc43)cc2)no1. The molecule has 4 aromatic rings. The Kier molecular flexibility index (Phi) is 4.91. The Morgan fingerprint density at radius 2 is 1.88 bits per heavy atom. The molecule has 2 aromatic heterocycles. The lowest BCUT2D eigenvalue weighted by molar-refractivity contribution is 0.101. The predicted molar refractivity (Wildman–Crippen MR) is 126 cm³/mol. The van der Waals surface area contributed by atoms with Crippen LogP contribution >= 0.6 is 0 Å². The van der Waals surface area contributed by atoms with Crippen LogP contribution < -0.4 is 15.5 Å². The number of nitrogens with one attached hydrogen (secondary N) is 4. The van der Waals surface area contributed by atoms with Crippen LogP contribution in [0.25, 0.3) is 0 Å². The minimum Gasteiger partial charge on any atom is -0.361 e.